The molecule has 3 N–H and O–H groups in total. The van der Waals surface area contributed by atoms with Crippen LogP contribution in [0.4, 0.5) is 14.0 Å². The van der Waals surface area contributed by atoms with E-state index in [9.17, 15) is 14.0 Å². The zero-order valence-electron chi connectivity index (χ0n) is 14.7. The molecule has 8 nitrogen and oxygen atoms in total. The van der Waals surface area contributed by atoms with E-state index in [0.29, 0.717) is 48.2 Å². The fraction of sp³-hybridized carbons (Fsp3) is 0.471. The Morgan fingerprint density at radius 2 is 2.22 bits per heavy atom. The van der Waals surface area contributed by atoms with Gasteiger partial charge in [0.25, 0.3) is 0 Å². The van der Waals surface area contributed by atoms with E-state index >= 15 is 0 Å². The van der Waals surface area contributed by atoms with Gasteiger partial charge in [0.05, 0.1) is 0 Å². The highest BCUT2D eigenvalue weighted by atomic mass is 79.9. The van der Waals surface area contributed by atoms with Crippen molar-refractivity contribution in [2.24, 2.45) is 5.10 Å². The number of likely N-dealkylation sites (tertiary alicyclic amines) is 1. The first-order valence-corrected chi connectivity index (χ1v) is 9.33. The van der Waals surface area contributed by atoms with Gasteiger partial charge in [0.15, 0.2) is 5.60 Å². The average Bonchev–Trinajstić information content (AvgIpc) is 2.57. The van der Waals surface area contributed by atoms with E-state index in [1.807, 2.05) is 0 Å². The first-order chi connectivity index (χ1) is 12.8. The lowest BCUT2D eigenvalue weighted by Gasteiger charge is -2.43. The number of hydrogen-bond acceptors (Lipinski definition) is 5. The first-order valence-electron chi connectivity index (χ1n) is 8.53. The Labute approximate surface area is 163 Å². The lowest BCUT2D eigenvalue weighted by atomic mass is 9.82. The molecule has 0 aliphatic carbocycles. The lowest BCUT2D eigenvalue weighted by molar-refractivity contribution is 0.00490. The maximum Gasteiger partial charge on any atom is 0.428 e. The van der Waals surface area contributed by atoms with E-state index in [4.69, 9.17) is 9.84 Å². The van der Waals surface area contributed by atoms with Gasteiger partial charge in [-0.1, -0.05) is 15.9 Å². The largest absolute Gasteiger partial charge is 0.465 e. The number of benzene rings is 1. The maximum atomic E-state index is 13.4. The number of amides is 2. The minimum atomic E-state index is -1.06. The number of nitrogens with one attached hydrogen (secondary N) is 2. The Hall–Kier alpha value is -2.20. The Balaban J connectivity index is 1.77. The number of halogens is 2. The summed E-state index contributed by atoms with van der Waals surface area (Å²) in [6, 6.07) is 4.07. The monoisotopic (exact) mass is 442 g/mol. The molecule has 2 aliphatic heterocycles. The molecule has 3 rings (SSSR count). The van der Waals surface area contributed by atoms with Gasteiger partial charge in [0, 0.05) is 48.6 Å². The predicted octanol–water partition coefficient (Wildman–Crippen LogP) is 2.52. The molecular weight excluding hydrogens is 423 g/mol. The van der Waals surface area contributed by atoms with Crippen molar-refractivity contribution in [3.63, 3.8) is 0 Å². The fourth-order valence-corrected chi connectivity index (χ4v) is 4.06. The van der Waals surface area contributed by atoms with Gasteiger partial charge in [-0.3, -0.25) is 0 Å². The van der Waals surface area contributed by atoms with Crippen molar-refractivity contribution in [3.05, 3.63) is 34.1 Å². The van der Waals surface area contributed by atoms with Crippen molar-refractivity contribution in [1.82, 2.24) is 15.6 Å². The highest BCUT2D eigenvalue weighted by Gasteiger charge is 2.46. The molecule has 2 amide bonds. The Kier molecular flexibility index (Phi) is 5.66. The lowest BCUT2D eigenvalue weighted by Crippen LogP contribution is -2.57. The molecule has 27 heavy (non-hydrogen) atoms. The predicted molar refractivity (Wildman–Crippen MR) is 99.3 cm³/mol. The number of rotatable bonds is 4. The number of nitrogens with zero attached hydrogens (tertiary/aromatic N) is 2. The third-order valence-electron chi connectivity index (χ3n) is 4.73. The summed E-state index contributed by atoms with van der Waals surface area (Å²) in [5, 5.41) is 15.4. The van der Waals surface area contributed by atoms with Gasteiger partial charge >= 0.3 is 12.2 Å². The third kappa shape index (κ3) is 4.38. The smallest absolute Gasteiger partial charge is 0.428 e. The second-order valence-corrected chi connectivity index (χ2v) is 7.59. The summed E-state index contributed by atoms with van der Waals surface area (Å²) in [5.41, 5.74) is 2.64. The standard InChI is InChI=1S/C17H20BrFN4O4/c1-10(20-15(24)25)9-23-6-4-17(5-7-23)14(21-22-16(26)27-17)12-3-2-11(19)8-13(12)18/h2-3,8,10,20H,4-7,9H2,1H3,(H,22,26)(H,24,25). The van der Waals surface area contributed by atoms with Crippen molar-refractivity contribution >= 4 is 33.8 Å². The van der Waals surface area contributed by atoms with Crippen LogP contribution in [0.1, 0.15) is 25.3 Å². The summed E-state index contributed by atoms with van der Waals surface area (Å²) in [5.74, 6) is -0.379. The van der Waals surface area contributed by atoms with E-state index in [2.05, 4.69) is 36.7 Å². The molecule has 1 aromatic rings. The van der Waals surface area contributed by atoms with E-state index in [0.717, 1.165) is 0 Å². The summed E-state index contributed by atoms with van der Waals surface area (Å²) in [4.78, 5) is 24.7. The summed E-state index contributed by atoms with van der Waals surface area (Å²) in [6.07, 6.45) is -0.670. The van der Waals surface area contributed by atoms with Crippen LogP contribution in [-0.2, 0) is 4.74 Å². The summed E-state index contributed by atoms with van der Waals surface area (Å²) >= 11 is 3.35. The van der Waals surface area contributed by atoms with Crippen LogP contribution in [0.25, 0.3) is 0 Å². The van der Waals surface area contributed by atoms with Gasteiger partial charge in [0.2, 0.25) is 0 Å². The molecule has 0 saturated carbocycles. The third-order valence-corrected chi connectivity index (χ3v) is 5.39. The number of piperidine rings is 1. The zero-order chi connectivity index (χ0) is 19.6. The molecule has 0 radical (unpaired) electrons. The van der Waals surface area contributed by atoms with Gasteiger partial charge in [-0.25, -0.2) is 19.4 Å². The molecule has 2 heterocycles. The van der Waals surface area contributed by atoms with Crippen LogP contribution in [0.5, 0.6) is 0 Å². The molecule has 1 spiro atoms. The van der Waals surface area contributed by atoms with Crippen molar-refractivity contribution in [2.75, 3.05) is 19.6 Å². The average molecular weight is 443 g/mol. The number of hydrazone groups is 1. The topological polar surface area (TPSA) is 103 Å². The van der Waals surface area contributed by atoms with Crippen LogP contribution in [0.15, 0.2) is 27.8 Å². The Morgan fingerprint density at radius 3 is 2.85 bits per heavy atom. The molecule has 1 atom stereocenters. The SMILES string of the molecule is CC(CN1CCC2(CC1)OC(=O)NN=C2c1ccc(F)cc1Br)NC(=O)O. The quantitative estimate of drug-likeness (QED) is 0.664. The fourth-order valence-electron chi connectivity index (χ4n) is 3.52. The summed E-state index contributed by atoms with van der Waals surface area (Å²) in [7, 11) is 0. The van der Waals surface area contributed by atoms with Crippen LogP contribution in [0, 0.1) is 5.82 Å². The van der Waals surface area contributed by atoms with Gasteiger partial charge in [0.1, 0.15) is 11.5 Å². The molecule has 10 heteroatoms. The molecule has 1 saturated heterocycles. The molecule has 0 bridgehead atoms. The van der Waals surface area contributed by atoms with Crippen molar-refractivity contribution in [2.45, 2.75) is 31.4 Å². The normalized spacial score (nSPS) is 20.4. The van der Waals surface area contributed by atoms with Crippen molar-refractivity contribution in [1.29, 1.82) is 0 Å². The Morgan fingerprint density at radius 1 is 1.52 bits per heavy atom. The number of carbonyl (C=O) groups excluding carboxylic acids is 1. The molecule has 1 unspecified atom stereocenters. The van der Waals surface area contributed by atoms with Crippen LogP contribution < -0.4 is 10.7 Å². The summed E-state index contributed by atoms with van der Waals surface area (Å²) in [6.45, 7) is 3.57. The van der Waals surface area contributed by atoms with Crippen LogP contribution in [0.3, 0.4) is 0 Å². The van der Waals surface area contributed by atoms with Gasteiger partial charge < -0.3 is 20.1 Å². The summed E-state index contributed by atoms with van der Waals surface area (Å²) < 4.78 is 19.6. The van der Waals surface area contributed by atoms with Gasteiger partial charge in [-0.05, 0) is 25.1 Å². The first kappa shape index (κ1) is 19.6. The number of carbonyl (C=O) groups is 2. The van der Waals surface area contributed by atoms with E-state index < -0.39 is 17.8 Å². The minimum absolute atomic E-state index is 0.216. The highest BCUT2D eigenvalue weighted by Crippen LogP contribution is 2.35. The maximum absolute atomic E-state index is 13.4. The van der Waals surface area contributed by atoms with Crippen LogP contribution in [0.2, 0.25) is 0 Å². The van der Waals surface area contributed by atoms with E-state index in [1.54, 1.807) is 13.0 Å². The van der Waals surface area contributed by atoms with E-state index in [1.165, 1.54) is 12.1 Å². The number of carboxylic acid groups (broad SMARTS) is 1. The second kappa shape index (κ2) is 7.81. The highest BCUT2D eigenvalue weighted by molar-refractivity contribution is 9.10. The number of ether oxygens (including phenoxy) is 1. The van der Waals surface area contributed by atoms with Crippen molar-refractivity contribution < 1.29 is 23.8 Å². The Bertz CT molecular complexity index is 780. The molecule has 2 aliphatic rings. The number of hydrogen-bond donors (Lipinski definition) is 3. The van der Waals surface area contributed by atoms with E-state index in [-0.39, 0.29) is 11.9 Å². The van der Waals surface area contributed by atoms with Crippen LogP contribution >= 0.6 is 15.9 Å². The molecular formula is C17H20BrFN4O4. The molecule has 1 aromatic carbocycles. The van der Waals surface area contributed by atoms with Gasteiger partial charge in [-0.2, -0.15) is 5.10 Å². The molecule has 146 valence electrons. The van der Waals surface area contributed by atoms with Crippen LogP contribution in [-0.4, -0.2) is 59.2 Å². The zero-order valence-corrected chi connectivity index (χ0v) is 16.3. The van der Waals surface area contributed by atoms with Crippen molar-refractivity contribution in [3.8, 4) is 0 Å². The molecule has 1 fully saturated rings. The van der Waals surface area contributed by atoms with Gasteiger partial charge in [-0.15, -0.1) is 0 Å². The minimum Gasteiger partial charge on any atom is -0.465 e. The molecule has 0 aromatic heterocycles. The second-order valence-electron chi connectivity index (χ2n) is 6.73.